The lowest BCUT2D eigenvalue weighted by Gasteiger charge is -2.23. The molecule has 5 rings (SSSR count). The number of fused-ring (bicyclic) bond motifs is 2. The van der Waals surface area contributed by atoms with Crippen LogP contribution in [0.15, 0.2) is 91.0 Å². The number of ether oxygens (including phenoxy) is 4. The van der Waals surface area contributed by atoms with Gasteiger partial charge in [-0.3, -0.25) is 0 Å². The van der Waals surface area contributed by atoms with E-state index in [0.29, 0.717) is 26.2 Å². The highest BCUT2D eigenvalue weighted by Crippen LogP contribution is 2.38. The topological polar surface area (TPSA) is 54.0 Å². The molecule has 0 radical (unpaired) electrons. The molecule has 222 valence electrons. The average Bonchev–Trinajstić information content (AvgIpc) is 3.18. The largest absolute Gasteiger partial charge is 0.491 e. The first-order chi connectivity index (χ1) is 21.0. The second kappa shape index (κ2) is 14.3. The number of hydrogen-bond donors (Lipinski definition) is 0. The molecule has 0 fully saturated rings. The number of rotatable bonds is 12. The zero-order valence-corrected chi connectivity index (χ0v) is 25.4. The van der Waals surface area contributed by atoms with Crippen LogP contribution >= 0.6 is 0 Å². The Morgan fingerprint density at radius 2 is 1.58 bits per heavy atom. The molecule has 1 aliphatic carbocycles. The molecule has 0 heterocycles. The number of methoxy groups -OCH3 is 1. The zero-order valence-electron chi connectivity index (χ0n) is 25.4. The van der Waals surface area contributed by atoms with E-state index in [0.717, 1.165) is 28.0 Å². The van der Waals surface area contributed by atoms with E-state index >= 15 is 0 Å². The Balaban J connectivity index is 1.29. The van der Waals surface area contributed by atoms with Crippen molar-refractivity contribution in [3.8, 4) is 5.75 Å². The third kappa shape index (κ3) is 7.42. The Bertz CT molecular complexity index is 1540. The summed E-state index contributed by atoms with van der Waals surface area (Å²) in [7, 11) is 1.52. The lowest BCUT2D eigenvalue weighted by atomic mass is 9.88. The van der Waals surface area contributed by atoms with Gasteiger partial charge in [-0.2, -0.15) is 0 Å². The van der Waals surface area contributed by atoms with Crippen molar-refractivity contribution in [2.45, 2.75) is 45.3 Å². The van der Waals surface area contributed by atoms with Crippen LogP contribution < -0.4 is 4.74 Å². The number of hydrogen-bond acceptors (Lipinski definition) is 5. The molecule has 0 amide bonds. The number of carbonyl (C=O) groups excluding carboxylic acids is 1. The van der Waals surface area contributed by atoms with E-state index < -0.39 is 6.10 Å². The van der Waals surface area contributed by atoms with E-state index in [9.17, 15) is 4.79 Å². The lowest BCUT2D eigenvalue weighted by Crippen LogP contribution is -2.27. The summed E-state index contributed by atoms with van der Waals surface area (Å²) in [6.07, 6.45) is 3.99. The predicted molar refractivity (Wildman–Crippen MR) is 171 cm³/mol. The molecule has 3 unspecified atom stereocenters. The third-order valence-electron chi connectivity index (χ3n) is 7.98. The van der Waals surface area contributed by atoms with Crippen molar-refractivity contribution in [2.24, 2.45) is 0 Å². The third-order valence-corrected chi connectivity index (χ3v) is 7.98. The van der Waals surface area contributed by atoms with Crippen LogP contribution in [0.5, 0.6) is 5.75 Å². The van der Waals surface area contributed by atoms with E-state index in [1.165, 1.54) is 29.4 Å². The fraction of sp³-hybridized carbons (Fsp3) is 0.289. The van der Waals surface area contributed by atoms with Crippen molar-refractivity contribution < 1.29 is 23.7 Å². The molecule has 5 nitrogen and oxygen atoms in total. The van der Waals surface area contributed by atoms with Crippen LogP contribution in [-0.2, 0) is 25.4 Å². The van der Waals surface area contributed by atoms with Crippen molar-refractivity contribution in [1.82, 2.24) is 0 Å². The molecule has 4 aromatic carbocycles. The van der Waals surface area contributed by atoms with Crippen LogP contribution in [0.25, 0.3) is 12.2 Å². The van der Waals surface area contributed by atoms with E-state index in [4.69, 9.17) is 18.9 Å². The molecule has 0 N–H and O–H groups in total. The average molecular weight is 577 g/mol. The van der Waals surface area contributed by atoms with Gasteiger partial charge in [-0.05, 0) is 64.9 Å². The summed E-state index contributed by atoms with van der Waals surface area (Å²) in [6, 6.07) is 31.6. The normalized spacial score (nSPS) is 15.1. The standard InChI is InChI=1S/C38H40O5/c1-5-41-38(39)36(40-4)24-28-12-18-33(19-13-28)42-21-22-43-37-34-20-11-26(2)23-32(34)17-15-30-14-16-31(25-35(30)37)27(3)29-9-7-6-8-10-29/h6-20,23,25,27,36-37H,5,21-22,24H2,1-4H3. The molecule has 1 aliphatic rings. The van der Waals surface area contributed by atoms with E-state index in [-0.39, 0.29) is 18.0 Å². The molecule has 3 atom stereocenters. The molecule has 0 bridgehead atoms. The highest BCUT2D eigenvalue weighted by atomic mass is 16.6. The van der Waals surface area contributed by atoms with Gasteiger partial charge in [0.05, 0.1) is 13.2 Å². The Morgan fingerprint density at radius 3 is 2.33 bits per heavy atom. The fourth-order valence-electron chi connectivity index (χ4n) is 5.54. The molecule has 0 aromatic heterocycles. The molecule has 43 heavy (non-hydrogen) atoms. The van der Waals surface area contributed by atoms with Gasteiger partial charge in [-0.15, -0.1) is 0 Å². The highest BCUT2D eigenvalue weighted by Gasteiger charge is 2.24. The Hall–Kier alpha value is -4.19. The van der Waals surface area contributed by atoms with Crippen molar-refractivity contribution >= 4 is 18.1 Å². The molecule has 4 aromatic rings. The summed E-state index contributed by atoms with van der Waals surface area (Å²) in [5.41, 5.74) is 9.40. The molecule has 0 saturated heterocycles. The molecule has 0 aliphatic heterocycles. The maximum atomic E-state index is 12.1. The highest BCUT2D eigenvalue weighted by molar-refractivity contribution is 5.77. The molecular formula is C38H40O5. The second-order valence-electron chi connectivity index (χ2n) is 10.9. The van der Waals surface area contributed by atoms with E-state index in [1.54, 1.807) is 6.92 Å². The van der Waals surface area contributed by atoms with Gasteiger partial charge >= 0.3 is 5.97 Å². The quantitative estimate of drug-likeness (QED) is 0.127. The van der Waals surface area contributed by atoms with Gasteiger partial charge in [0.15, 0.2) is 6.10 Å². The second-order valence-corrected chi connectivity index (χ2v) is 10.9. The summed E-state index contributed by atoms with van der Waals surface area (Å²) in [5, 5.41) is 0. The smallest absolute Gasteiger partial charge is 0.335 e. The summed E-state index contributed by atoms with van der Waals surface area (Å²) < 4.78 is 23.1. The Labute approximate surface area is 255 Å². The van der Waals surface area contributed by atoms with E-state index in [1.807, 2.05) is 24.3 Å². The summed E-state index contributed by atoms with van der Waals surface area (Å²) in [4.78, 5) is 12.1. The minimum atomic E-state index is -0.625. The van der Waals surface area contributed by atoms with E-state index in [2.05, 4.69) is 92.7 Å². The van der Waals surface area contributed by atoms with Crippen LogP contribution in [0, 0.1) is 6.92 Å². The predicted octanol–water partition coefficient (Wildman–Crippen LogP) is 7.94. The van der Waals surface area contributed by atoms with Gasteiger partial charge in [-0.1, -0.05) is 104 Å². The Morgan fingerprint density at radius 1 is 0.814 bits per heavy atom. The van der Waals surface area contributed by atoms with Crippen molar-refractivity contribution in [1.29, 1.82) is 0 Å². The first kappa shape index (κ1) is 30.3. The van der Waals surface area contributed by atoms with Gasteiger partial charge in [0, 0.05) is 19.4 Å². The zero-order chi connectivity index (χ0) is 30.2. The minimum absolute atomic E-state index is 0.219. The van der Waals surface area contributed by atoms with Crippen LogP contribution in [0.4, 0.5) is 0 Å². The van der Waals surface area contributed by atoms with Crippen molar-refractivity contribution in [3.63, 3.8) is 0 Å². The Kier molecular flexibility index (Phi) is 10.1. The summed E-state index contributed by atoms with van der Waals surface area (Å²) in [5.74, 6) is 0.658. The monoisotopic (exact) mass is 576 g/mol. The van der Waals surface area contributed by atoms with Crippen molar-refractivity contribution in [3.05, 3.63) is 136 Å². The number of benzene rings is 4. The first-order valence-corrected chi connectivity index (χ1v) is 15.0. The molecule has 5 heteroatoms. The molecule has 0 spiro atoms. The first-order valence-electron chi connectivity index (χ1n) is 15.0. The maximum Gasteiger partial charge on any atom is 0.335 e. The van der Waals surface area contributed by atoms with Crippen LogP contribution in [0.3, 0.4) is 0 Å². The molecule has 0 saturated carbocycles. The maximum absolute atomic E-state index is 12.1. The van der Waals surface area contributed by atoms with Gasteiger partial charge < -0.3 is 18.9 Å². The summed E-state index contributed by atoms with van der Waals surface area (Å²) in [6.45, 7) is 7.32. The van der Waals surface area contributed by atoms with Crippen LogP contribution in [-0.4, -0.2) is 39.0 Å². The number of esters is 1. The minimum Gasteiger partial charge on any atom is -0.491 e. The van der Waals surface area contributed by atoms with Gasteiger partial charge in [-0.25, -0.2) is 4.79 Å². The number of carbonyl (C=O) groups is 1. The van der Waals surface area contributed by atoms with Crippen LogP contribution in [0.1, 0.15) is 70.4 Å². The fourth-order valence-corrected chi connectivity index (χ4v) is 5.54. The SMILES string of the molecule is CCOC(=O)C(Cc1ccc(OCCOC2c3ccc(C)cc3C=Cc3ccc(C(C)c4ccccc4)cc32)cc1)OC. The van der Waals surface area contributed by atoms with Gasteiger partial charge in [0.1, 0.15) is 18.5 Å². The van der Waals surface area contributed by atoms with Gasteiger partial charge in [0.2, 0.25) is 0 Å². The van der Waals surface area contributed by atoms with Crippen LogP contribution in [0.2, 0.25) is 0 Å². The number of aryl methyl sites for hydroxylation is 1. The summed E-state index contributed by atoms with van der Waals surface area (Å²) >= 11 is 0. The molecular weight excluding hydrogens is 536 g/mol. The lowest BCUT2D eigenvalue weighted by molar-refractivity contribution is -0.154. The van der Waals surface area contributed by atoms with Crippen molar-refractivity contribution in [2.75, 3.05) is 26.9 Å². The van der Waals surface area contributed by atoms with Gasteiger partial charge in [0.25, 0.3) is 0 Å².